The van der Waals surface area contributed by atoms with Crippen molar-refractivity contribution < 1.29 is 4.79 Å². The third-order valence-corrected chi connectivity index (χ3v) is 4.76. The molecule has 1 heterocycles. The second-order valence-electron chi connectivity index (χ2n) is 5.67. The highest BCUT2D eigenvalue weighted by molar-refractivity contribution is 7.14. The zero-order valence-corrected chi connectivity index (χ0v) is 14.6. The van der Waals surface area contributed by atoms with E-state index in [0.717, 1.165) is 17.7 Å². The number of hydrogen-bond donors (Lipinski definition) is 2. The number of thiazole rings is 1. The maximum Gasteiger partial charge on any atom is 0.226 e. The van der Waals surface area contributed by atoms with Crippen molar-refractivity contribution in [1.29, 1.82) is 0 Å². The highest BCUT2D eigenvalue weighted by Crippen LogP contribution is 2.29. The van der Waals surface area contributed by atoms with Crippen molar-refractivity contribution in [2.75, 3.05) is 11.9 Å². The minimum atomic E-state index is -0.0169. The number of rotatable bonds is 5. The normalized spacial score (nSPS) is 13.1. The summed E-state index contributed by atoms with van der Waals surface area (Å²) >= 11 is 1.47. The Labute approximate surface area is 146 Å². The predicted octanol–water partition coefficient (Wildman–Crippen LogP) is 3.79. The number of nitrogens with two attached hydrogens (primary N) is 1. The highest BCUT2D eigenvalue weighted by atomic mass is 35.5. The van der Waals surface area contributed by atoms with Crippen molar-refractivity contribution in [3.63, 3.8) is 0 Å². The number of halogens is 1. The van der Waals surface area contributed by atoms with Crippen LogP contribution in [0.2, 0.25) is 0 Å². The van der Waals surface area contributed by atoms with E-state index in [1.807, 2.05) is 5.38 Å². The van der Waals surface area contributed by atoms with E-state index in [-0.39, 0.29) is 18.3 Å². The van der Waals surface area contributed by atoms with E-state index < -0.39 is 0 Å². The third-order valence-electron chi connectivity index (χ3n) is 4.00. The summed E-state index contributed by atoms with van der Waals surface area (Å²) in [6, 6.07) is 6.62. The molecule has 0 fully saturated rings. The molecule has 23 heavy (non-hydrogen) atoms. The molecule has 124 valence electrons. The van der Waals surface area contributed by atoms with E-state index in [0.29, 0.717) is 24.5 Å². The lowest BCUT2D eigenvalue weighted by Crippen LogP contribution is -2.13. The molecule has 0 saturated heterocycles. The lowest BCUT2D eigenvalue weighted by molar-refractivity contribution is -0.116. The Balaban J connectivity index is 0.00000192. The molecule has 2 aromatic rings. The van der Waals surface area contributed by atoms with Gasteiger partial charge in [0.05, 0.1) is 5.69 Å². The second kappa shape index (κ2) is 8.43. The van der Waals surface area contributed by atoms with Crippen LogP contribution >= 0.6 is 23.7 Å². The Morgan fingerprint density at radius 1 is 1.26 bits per heavy atom. The van der Waals surface area contributed by atoms with Crippen molar-refractivity contribution in [2.45, 2.75) is 38.5 Å². The third kappa shape index (κ3) is 4.53. The van der Waals surface area contributed by atoms with Crippen LogP contribution < -0.4 is 11.1 Å². The zero-order chi connectivity index (χ0) is 15.4. The average molecular weight is 352 g/mol. The minimum Gasteiger partial charge on any atom is -0.330 e. The molecular weight excluding hydrogens is 330 g/mol. The van der Waals surface area contributed by atoms with Crippen molar-refractivity contribution in [3.8, 4) is 11.3 Å². The molecular formula is C17H22ClN3OS. The molecule has 0 bridgehead atoms. The largest absolute Gasteiger partial charge is 0.330 e. The molecule has 3 N–H and O–H groups in total. The Morgan fingerprint density at radius 2 is 2.04 bits per heavy atom. The van der Waals surface area contributed by atoms with E-state index in [4.69, 9.17) is 5.73 Å². The molecule has 6 heteroatoms. The van der Waals surface area contributed by atoms with Crippen molar-refractivity contribution >= 4 is 34.8 Å². The Kier molecular flexibility index (Phi) is 6.57. The molecule has 1 amide bonds. The molecule has 0 radical (unpaired) electrons. The number of fused-ring (bicyclic) bond motifs is 1. The SMILES string of the molecule is Cl.NCCCC(=O)Nc1nc(-c2ccc3c(c2)CCCC3)cs1. The molecule has 1 aromatic heterocycles. The van der Waals surface area contributed by atoms with Gasteiger partial charge >= 0.3 is 0 Å². The van der Waals surface area contributed by atoms with Crippen LogP contribution in [-0.2, 0) is 17.6 Å². The summed E-state index contributed by atoms with van der Waals surface area (Å²) in [6.07, 6.45) is 6.07. The quantitative estimate of drug-likeness (QED) is 0.861. The van der Waals surface area contributed by atoms with E-state index >= 15 is 0 Å². The van der Waals surface area contributed by atoms with Crippen LogP contribution in [0.25, 0.3) is 11.3 Å². The van der Waals surface area contributed by atoms with Crippen LogP contribution in [0.1, 0.15) is 36.8 Å². The molecule has 4 nitrogen and oxygen atoms in total. The highest BCUT2D eigenvalue weighted by Gasteiger charge is 2.12. The molecule has 1 aromatic carbocycles. The number of benzene rings is 1. The van der Waals surface area contributed by atoms with Crippen LogP contribution in [0.4, 0.5) is 5.13 Å². The van der Waals surface area contributed by atoms with Crippen molar-refractivity contribution in [2.24, 2.45) is 5.73 Å². The van der Waals surface area contributed by atoms with Crippen LogP contribution in [0.15, 0.2) is 23.6 Å². The Hall–Kier alpha value is -1.43. The number of aryl methyl sites for hydroxylation is 2. The first kappa shape index (κ1) is 17.9. The van der Waals surface area contributed by atoms with Gasteiger partial charge in [-0.05, 0) is 55.8 Å². The van der Waals surface area contributed by atoms with E-state index in [2.05, 4.69) is 28.5 Å². The molecule has 0 aliphatic heterocycles. The number of aromatic nitrogens is 1. The second-order valence-corrected chi connectivity index (χ2v) is 6.53. The fourth-order valence-electron chi connectivity index (χ4n) is 2.80. The first-order valence-electron chi connectivity index (χ1n) is 7.84. The van der Waals surface area contributed by atoms with Crippen molar-refractivity contribution in [3.05, 3.63) is 34.7 Å². The summed E-state index contributed by atoms with van der Waals surface area (Å²) in [4.78, 5) is 16.2. The number of carbonyl (C=O) groups is 1. The maximum absolute atomic E-state index is 11.7. The number of nitrogens with zero attached hydrogens (tertiary/aromatic N) is 1. The lowest BCUT2D eigenvalue weighted by Gasteiger charge is -2.16. The van der Waals surface area contributed by atoms with E-state index in [1.54, 1.807) is 0 Å². The van der Waals surface area contributed by atoms with Gasteiger partial charge < -0.3 is 11.1 Å². The first-order valence-corrected chi connectivity index (χ1v) is 8.72. The molecule has 0 unspecified atom stereocenters. The van der Waals surface area contributed by atoms with Gasteiger partial charge in [-0.25, -0.2) is 4.98 Å². The predicted molar refractivity (Wildman–Crippen MR) is 98.4 cm³/mol. The van der Waals surface area contributed by atoms with Crippen LogP contribution in [0.5, 0.6) is 0 Å². The Morgan fingerprint density at radius 3 is 2.83 bits per heavy atom. The number of nitrogens with one attached hydrogen (secondary N) is 1. The molecule has 1 aliphatic carbocycles. The summed E-state index contributed by atoms with van der Waals surface area (Å²) in [6.45, 7) is 0.533. The number of anilines is 1. The van der Waals surface area contributed by atoms with Gasteiger partial charge in [-0.2, -0.15) is 0 Å². The minimum absolute atomic E-state index is 0. The standard InChI is InChI=1S/C17H21N3OS.ClH/c18-9-3-6-16(21)20-17-19-15(11-22-17)14-8-7-12-4-1-2-5-13(12)10-14;/h7-8,10-11H,1-6,9,18H2,(H,19,20,21);1H. The molecule has 0 saturated carbocycles. The summed E-state index contributed by atoms with van der Waals surface area (Å²) in [7, 11) is 0. The van der Waals surface area contributed by atoms with Gasteiger partial charge in [0.1, 0.15) is 0 Å². The van der Waals surface area contributed by atoms with Crippen LogP contribution in [0, 0.1) is 0 Å². The number of hydrogen-bond acceptors (Lipinski definition) is 4. The van der Waals surface area contributed by atoms with Gasteiger partial charge in [-0.1, -0.05) is 12.1 Å². The van der Waals surface area contributed by atoms with Gasteiger partial charge in [-0.15, -0.1) is 23.7 Å². The first-order chi connectivity index (χ1) is 10.8. The fourth-order valence-corrected chi connectivity index (χ4v) is 3.54. The maximum atomic E-state index is 11.7. The lowest BCUT2D eigenvalue weighted by atomic mass is 9.90. The topological polar surface area (TPSA) is 68.0 Å². The number of carbonyl (C=O) groups excluding carboxylic acids is 1. The van der Waals surface area contributed by atoms with E-state index in [1.165, 1.54) is 41.7 Å². The van der Waals surface area contributed by atoms with Gasteiger partial charge in [0.2, 0.25) is 5.91 Å². The van der Waals surface area contributed by atoms with Gasteiger partial charge in [-0.3, -0.25) is 4.79 Å². The molecule has 1 aliphatic rings. The smallest absolute Gasteiger partial charge is 0.226 e. The summed E-state index contributed by atoms with van der Waals surface area (Å²) in [5.41, 5.74) is 10.4. The zero-order valence-electron chi connectivity index (χ0n) is 13.0. The summed E-state index contributed by atoms with van der Waals surface area (Å²) in [5, 5.41) is 5.51. The molecule has 3 rings (SSSR count). The Bertz CT molecular complexity index is 672. The van der Waals surface area contributed by atoms with Crippen LogP contribution in [-0.4, -0.2) is 17.4 Å². The van der Waals surface area contributed by atoms with Gasteiger partial charge in [0, 0.05) is 17.4 Å². The summed E-state index contributed by atoms with van der Waals surface area (Å²) in [5.74, 6) is -0.0169. The van der Waals surface area contributed by atoms with Crippen molar-refractivity contribution in [1.82, 2.24) is 4.98 Å². The van der Waals surface area contributed by atoms with Gasteiger partial charge in [0.25, 0.3) is 0 Å². The van der Waals surface area contributed by atoms with Gasteiger partial charge in [0.15, 0.2) is 5.13 Å². The molecule has 0 atom stereocenters. The van der Waals surface area contributed by atoms with E-state index in [9.17, 15) is 4.79 Å². The summed E-state index contributed by atoms with van der Waals surface area (Å²) < 4.78 is 0. The molecule has 0 spiro atoms. The number of amides is 1. The average Bonchev–Trinajstić information content (AvgIpc) is 3.01. The monoisotopic (exact) mass is 351 g/mol. The fraction of sp³-hybridized carbons (Fsp3) is 0.412. The van der Waals surface area contributed by atoms with Crippen LogP contribution in [0.3, 0.4) is 0 Å².